The van der Waals surface area contributed by atoms with Gasteiger partial charge >= 0.3 is 12.1 Å². The van der Waals surface area contributed by atoms with Gasteiger partial charge in [0.2, 0.25) is 0 Å². The Labute approximate surface area is 232 Å². The second kappa shape index (κ2) is 9.45. The number of nitrogens with one attached hydrogen (secondary N) is 1. The standard InChI is InChI=1S/C31H47NO7/c1-16(27-35-14-29(3,4)15-36-27)19-8-9-20-24-21(10-11-30(19,20)5)31(6)18(12-22(24)38-28(34)32-7)13-23(37-17(2)33)25-26(31)39-25/h12,16,19-27H,8-11,13-15H2,1-7H3,(H,32,34)/t16?,19-,20+,21+,22-,23-,24+,25+,26+,30-,31+/m1/s1. The van der Waals surface area contributed by atoms with E-state index in [1.165, 1.54) is 12.5 Å². The van der Waals surface area contributed by atoms with Crippen LogP contribution < -0.4 is 5.32 Å². The zero-order valence-electron chi connectivity index (χ0n) is 24.7. The molecule has 5 fully saturated rings. The van der Waals surface area contributed by atoms with Crippen molar-refractivity contribution in [1.82, 2.24) is 5.32 Å². The Morgan fingerprint density at radius 2 is 1.77 bits per heavy atom. The molecule has 1 N–H and O–H groups in total. The van der Waals surface area contributed by atoms with Crippen molar-refractivity contribution < 1.29 is 33.3 Å². The number of alkyl carbamates (subject to hydrolysis) is 1. The first-order chi connectivity index (χ1) is 18.4. The van der Waals surface area contributed by atoms with E-state index in [-0.39, 0.29) is 58.8 Å². The summed E-state index contributed by atoms with van der Waals surface area (Å²) in [7, 11) is 1.61. The van der Waals surface area contributed by atoms with E-state index in [9.17, 15) is 9.59 Å². The quantitative estimate of drug-likeness (QED) is 0.306. The lowest BCUT2D eigenvalue weighted by molar-refractivity contribution is -0.253. The summed E-state index contributed by atoms with van der Waals surface area (Å²) in [5.41, 5.74) is 1.26. The minimum atomic E-state index is -0.395. The minimum Gasteiger partial charge on any atom is -0.459 e. The molecular formula is C31H47NO7. The van der Waals surface area contributed by atoms with Gasteiger partial charge in [-0.2, -0.15) is 0 Å². The maximum absolute atomic E-state index is 12.6. The molecule has 0 bridgehead atoms. The predicted octanol–water partition coefficient (Wildman–Crippen LogP) is 4.85. The number of ether oxygens (including phenoxy) is 5. The van der Waals surface area contributed by atoms with E-state index < -0.39 is 6.09 Å². The monoisotopic (exact) mass is 545 g/mol. The zero-order valence-corrected chi connectivity index (χ0v) is 24.7. The summed E-state index contributed by atoms with van der Waals surface area (Å²) in [5.74, 6) is 1.49. The number of amides is 1. The number of hydrogen-bond donors (Lipinski definition) is 1. The topological polar surface area (TPSA) is 95.6 Å². The van der Waals surface area contributed by atoms with Crippen molar-refractivity contribution in [3.8, 4) is 0 Å². The molecule has 3 saturated carbocycles. The van der Waals surface area contributed by atoms with Crippen molar-refractivity contribution in [3.05, 3.63) is 11.6 Å². The van der Waals surface area contributed by atoms with E-state index in [4.69, 9.17) is 23.7 Å². The predicted molar refractivity (Wildman–Crippen MR) is 144 cm³/mol. The molecule has 2 saturated heterocycles. The van der Waals surface area contributed by atoms with Crippen LogP contribution in [0.1, 0.15) is 73.6 Å². The number of carbonyl (C=O) groups excluding carboxylic acids is 2. The Balaban J connectivity index is 1.30. The van der Waals surface area contributed by atoms with Gasteiger partial charge in [0.1, 0.15) is 18.3 Å². The average molecular weight is 546 g/mol. The summed E-state index contributed by atoms with van der Waals surface area (Å²) in [6.45, 7) is 14.4. The van der Waals surface area contributed by atoms with Crippen LogP contribution in [0.25, 0.3) is 0 Å². The number of rotatable bonds is 4. The molecule has 6 rings (SSSR count). The molecule has 8 heteroatoms. The highest BCUT2D eigenvalue weighted by atomic mass is 16.7. The molecule has 0 radical (unpaired) electrons. The normalized spacial score (nSPS) is 46.9. The van der Waals surface area contributed by atoms with Gasteiger partial charge in [-0.25, -0.2) is 4.79 Å². The number of hydrogen-bond acceptors (Lipinski definition) is 7. The highest BCUT2D eigenvalue weighted by molar-refractivity contribution is 5.67. The van der Waals surface area contributed by atoms with E-state index in [0.29, 0.717) is 30.1 Å². The number of fused-ring (bicyclic) bond motifs is 7. The molecule has 0 spiro atoms. The van der Waals surface area contributed by atoms with Gasteiger partial charge in [0, 0.05) is 43.1 Å². The summed E-state index contributed by atoms with van der Waals surface area (Å²) in [6, 6.07) is 0. The van der Waals surface area contributed by atoms with Gasteiger partial charge < -0.3 is 29.0 Å². The van der Waals surface area contributed by atoms with Crippen molar-refractivity contribution in [3.63, 3.8) is 0 Å². The van der Waals surface area contributed by atoms with Gasteiger partial charge in [-0.1, -0.05) is 40.2 Å². The van der Waals surface area contributed by atoms with Crippen LogP contribution in [0.3, 0.4) is 0 Å². The summed E-state index contributed by atoms with van der Waals surface area (Å²) < 4.78 is 30.6. The molecule has 0 aromatic rings. The van der Waals surface area contributed by atoms with E-state index in [1.54, 1.807) is 7.05 Å². The molecular weight excluding hydrogens is 498 g/mol. The molecule has 2 aliphatic heterocycles. The minimum absolute atomic E-state index is 0.0392. The van der Waals surface area contributed by atoms with Gasteiger partial charge in [-0.05, 0) is 54.9 Å². The van der Waals surface area contributed by atoms with Crippen LogP contribution in [-0.4, -0.2) is 63.0 Å². The van der Waals surface area contributed by atoms with Crippen LogP contribution in [0, 0.1) is 45.8 Å². The lowest BCUT2D eigenvalue weighted by Crippen LogP contribution is -2.58. The number of epoxide rings is 1. The summed E-state index contributed by atoms with van der Waals surface area (Å²) in [6.07, 6.45) is 6.15. The van der Waals surface area contributed by atoms with Gasteiger partial charge in [-0.15, -0.1) is 0 Å². The molecule has 39 heavy (non-hydrogen) atoms. The van der Waals surface area contributed by atoms with E-state index in [2.05, 4.69) is 46.0 Å². The van der Waals surface area contributed by atoms with E-state index >= 15 is 0 Å². The molecule has 8 nitrogen and oxygen atoms in total. The molecule has 0 aromatic heterocycles. The van der Waals surface area contributed by atoms with Crippen LogP contribution in [0.5, 0.6) is 0 Å². The fourth-order valence-electron chi connectivity index (χ4n) is 9.70. The molecule has 11 atom stereocenters. The van der Waals surface area contributed by atoms with Crippen LogP contribution in [0.15, 0.2) is 11.6 Å². The van der Waals surface area contributed by atoms with Crippen molar-refractivity contribution in [2.24, 2.45) is 45.8 Å². The van der Waals surface area contributed by atoms with Gasteiger partial charge in [0.05, 0.1) is 19.3 Å². The Morgan fingerprint density at radius 1 is 1.05 bits per heavy atom. The Hall–Kier alpha value is -1.64. The number of carbonyl (C=O) groups is 2. The third kappa shape index (κ3) is 4.35. The molecule has 0 aromatic carbocycles. The Morgan fingerprint density at radius 3 is 2.44 bits per heavy atom. The fourth-order valence-corrected chi connectivity index (χ4v) is 9.70. The second-order valence-corrected chi connectivity index (χ2v) is 14.5. The van der Waals surface area contributed by atoms with Gasteiger partial charge in [0.15, 0.2) is 6.29 Å². The van der Waals surface area contributed by atoms with Gasteiger partial charge in [-0.3, -0.25) is 4.79 Å². The molecule has 1 amide bonds. The van der Waals surface area contributed by atoms with Gasteiger partial charge in [0.25, 0.3) is 0 Å². The van der Waals surface area contributed by atoms with E-state index in [1.807, 2.05) is 0 Å². The van der Waals surface area contributed by atoms with Crippen LogP contribution in [0.4, 0.5) is 4.79 Å². The lowest BCUT2D eigenvalue weighted by Gasteiger charge is -2.59. The maximum atomic E-state index is 12.6. The SMILES string of the molecule is CNC(=O)O[C@@H]1C=C2C[C@@H](OC(C)=O)[C@@H]3O[C@@H]3[C@]2(C)[C@H]2CC[C@]3(C)[C@@H](C(C)C4OCC(C)(C)CO4)CC[C@H]3[C@H]12. The second-order valence-electron chi connectivity index (χ2n) is 14.5. The third-order valence-corrected chi connectivity index (χ3v) is 11.6. The highest BCUT2D eigenvalue weighted by Gasteiger charge is 2.70. The van der Waals surface area contributed by atoms with Crippen molar-refractivity contribution in [2.45, 2.75) is 104 Å². The van der Waals surface area contributed by atoms with E-state index in [0.717, 1.165) is 38.9 Å². The van der Waals surface area contributed by atoms with Crippen molar-refractivity contribution in [2.75, 3.05) is 20.3 Å². The Bertz CT molecular complexity index is 1030. The zero-order chi connectivity index (χ0) is 27.9. The fraction of sp³-hybridized carbons (Fsp3) is 0.871. The third-order valence-electron chi connectivity index (χ3n) is 11.6. The Kier molecular flexibility index (Phi) is 6.67. The average Bonchev–Trinajstić information content (AvgIpc) is 3.61. The lowest BCUT2D eigenvalue weighted by atomic mass is 9.46. The first-order valence-electron chi connectivity index (χ1n) is 15.0. The number of esters is 1. The molecule has 1 unspecified atom stereocenters. The summed E-state index contributed by atoms with van der Waals surface area (Å²) in [4.78, 5) is 24.4. The van der Waals surface area contributed by atoms with Crippen LogP contribution in [-0.2, 0) is 28.5 Å². The molecule has 2 heterocycles. The molecule has 218 valence electrons. The highest BCUT2D eigenvalue weighted by Crippen LogP contribution is 2.70. The van der Waals surface area contributed by atoms with Crippen molar-refractivity contribution in [1.29, 1.82) is 0 Å². The molecule has 6 aliphatic rings. The van der Waals surface area contributed by atoms with Crippen LogP contribution in [0.2, 0.25) is 0 Å². The maximum Gasteiger partial charge on any atom is 0.407 e. The smallest absolute Gasteiger partial charge is 0.407 e. The summed E-state index contributed by atoms with van der Waals surface area (Å²) in [5, 5.41) is 2.67. The first kappa shape index (κ1) is 27.5. The summed E-state index contributed by atoms with van der Waals surface area (Å²) >= 11 is 0. The molecule has 4 aliphatic carbocycles. The van der Waals surface area contributed by atoms with Crippen molar-refractivity contribution >= 4 is 12.1 Å². The first-order valence-corrected chi connectivity index (χ1v) is 15.0. The largest absolute Gasteiger partial charge is 0.459 e. The van der Waals surface area contributed by atoms with Crippen LogP contribution >= 0.6 is 0 Å².